The first-order chi connectivity index (χ1) is 9.29. The first-order valence-corrected chi connectivity index (χ1v) is 7.30. The number of para-hydroxylation sites is 1. The number of aromatic nitrogens is 2. The number of alkyl halides is 1. The Morgan fingerprint density at radius 1 is 1.26 bits per heavy atom. The molecule has 96 valence electrons. The van der Waals surface area contributed by atoms with Gasteiger partial charge in [0.25, 0.3) is 0 Å². The van der Waals surface area contributed by atoms with Crippen molar-refractivity contribution >= 4 is 44.7 Å². The molecule has 0 saturated carbocycles. The van der Waals surface area contributed by atoms with Gasteiger partial charge < -0.3 is 5.32 Å². The van der Waals surface area contributed by atoms with Crippen LogP contribution < -0.4 is 5.32 Å². The molecule has 5 heteroatoms. The van der Waals surface area contributed by atoms with E-state index < -0.39 is 0 Å². The third-order valence-electron chi connectivity index (χ3n) is 2.95. The summed E-state index contributed by atoms with van der Waals surface area (Å²) in [6.07, 6.45) is 1.59. The number of aryl methyl sites for hydroxylation is 1. The predicted octanol–water partition coefficient (Wildman–Crippen LogP) is 4.48. The minimum absolute atomic E-state index is 0.473. The van der Waals surface area contributed by atoms with Gasteiger partial charge in [0.1, 0.15) is 6.33 Å². The van der Waals surface area contributed by atoms with Crippen LogP contribution in [0, 0.1) is 6.92 Å². The predicted molar refractivity (Wildman–Crippen MR) is 81.4 cm³/mol. The summed E-state index contributed by atoms with van der Waals surface area (Å²) in [5.41, 5.74) is 4.23. The van der Waals surface area contributed by atoms with Gasteiger partial charge in [-0.1, -0.05) is 18.2 Å². The lowest BCUT2D eigenvalue weighted by atomic mass is 10.2. The Bertz CT molecular complexity index is 724. The number of benzene rings is 1. The molecule has 3 aromatic rings. The van der Waals surface area contributed by atoms with Crippen molar-refractivity contribution in [2.24, 2.45) is 0 Å². The number of fused-ring (bicyclic) bond motifs is 1. The Hall–Kier alpha value is -1.65. The van der Waals surface area contributed by atoms with Gasteiger partial charge in [-0.05, 0) is 29.5 Å². The molecule has 0 aliphatic rings. The molecule has 2 heterocycles. The monoisotopic (exact) mass is 289 g/mol. The highest BCUT2D eigenvalue weighted by Gasteiger charge is 2.09. The van der Waals surface area contributed by atoms with E-state index in [2.05, 4.69) is 27.6 Å². The van der Waals surface area contributed by atoms with E-state index in [0.29, 0.717) is 5.88 Å². The first kappa shape index (κ1) is 12.4. The van der Waals surface area contributed by atoms with Gasteiger partial charge in [0, 0.05) is 11.6 Å². The van der Waals surface area contributed by atoms with Gasteiger partial charge in [-0.3, -0.25) is 0 Å². The van der Waals surface area contributed by atoms with Gasteiger partial charge in [0.2, 0.25) is 0 Å². The van der Waals surface area contributed by atoms with E-state index in [0.717, 1.165) is 27.3 Å². The number of anilines is 2. The average Bonchev–Trinajstić information content (AvgIpc) is 2.82. The fraction of sp³-hybridized carbons (Fsp3) is 0.143. The lowest BCUT2D eigenvalue weighted by Gasteiger charge is -2.09. The summed E-state index contributed by atoms with van der Waals surface area (Å²) in [5, 5.41) is 5.45. The van der Waals surface area contributed by atoms with Crippen molar-refractivity contribution in [1.82, 2.24) is 9.97 Å². The number of halogens is 1. The summed E-state index contributed by atoms with van der Waals surface area (Å²) in [7, 11) is 0. The Kier molecular flexibility index (Phi) is 3.36. The maximum atomic E-state index is 5.95. The number of nitrogens with zero attached hydrogens (tertiary/aromatic N) is 2. The quantitative estimate of drug-likeness (QED) is 0.722. The van der Waals surface area contributed by atoms with E-state index in [1.165, 1.54) is 5.56 Å². The van der Waals surface area contributed by atoms with Gasteiger partial charge in [0.05, 0.1) is 10.2 Å². The smallest absolute Gasteiger partial charge is 0.151 e. The summed E-state index contributed by atoms with van der Waals surface area (Å²) in [5.74, 6) is 1.31. The Labute approximate surface area is 120 Å². The summed E-state index contributed by atoms with van der Waals surface area (Å²) < 4.78 is 1.07. The Morgan fingerprint density at radius 3 is 2.95 bits per heavy atom. The first-order valence-electron chi connectivity index (χ1n) is 5.89. The van der Waals surface area contributed by atoms with Crippen LogP contribution >= 0.6 is 22.9 Å². The lowest BCUT2D eigenvalue weighted by Crippen LogP contribution is -1.97. The van der Waals surface area contributed by atoms with Crippen LogP contribution in [0.2, 0.25) is 0 Å². The van der Waals surface area contributed by atoms with Crippen LogP contribution in [0.15, 0.2) is 36.0 Å². The fourth-order valence-corrected chi connectivity index (χ4v) is 3.12. The standard InChI is InChI=1S/C14H12ClN3S/c1-9-7-19-13-12(9)16-8-17-14(13)18-11-5-3-2-4-10(11)6-15/h2-5,7-8H,6H2,1H3,(H,16,17,18). The number of rotatable bonds is 3. The molecule has 0 amide bonds. The maximum Gasteiger partial charge on any atom is 0.151 e. The van der Waals surface area contributed by atoms with Crippen molar-refractivity contribution in [2.75, 3.05) is 5.32 Å². The molecule has 0 radical (unpaired) electrons. The summed E-state index contributed by atoms with van der Waals surface area (Å²) in [6.45, 7) is 2.06. The van der Waals surface area contributed by atoms with Gasteiger partial charge in [0.15, 0.2) is 5.82 Å². The molecular formula is C14H12ClN3S. The van der Waals surface area contributed by atoms with E-state index in [-0.39, 0.29) is 0 Å². The molecule has 1 aromatic carbocycles. The molecule has 0 aliphatic heterocycles. The molecule has 3 rings (SSSR count). The van der Waals surface area contributed by atoms with Crippen LogP contribution in [0.25, 0.3) is 10.2 Å². The Balaban J connectivity index is 2.06. The number of hydrogen-bond acceptors (Lipinski definition) is 4. The second-order valence-corrected chi connectivity index (χ2v) is 5.38. The van der Waals surface area contributed by atoms with Gasteiger partial charge in [-0.25, -0.2) is 9.97 Å². The molecule has 0 fully saturated rings. The van der Waals surface area contributed by atoms with E-state index in [9.17, 15) is 0 Å². The molecule has 2 aromatic heterocycles. The lowest BCUT2D eigenvalue weighted by molar-refractivity contribution is 1.21. The van der Waals surface area contributed by atoms with E-state index in [4.69, 9.17) is 11.6 Å². The number of thiophene rings is 1. The van der Waals surface area contributed by atoms with Crippen LogP contribution in [0.5, 0.6) is 0 Å². The molecule has 3 nitrogen and oxygen atoms in total. The van der Waals surface area contributed by atoms with Crippen LogP contribution in [-0.2, 0) is 5.88 Å². The average molecular weight is 290 g/mol. The summed E-state index contributed by atoms with van der Waals surface area (Å²) in [6, 6.07) is 7.98. The highest BCUT2D eigenvalue weighted by Crippen LogP contribution is 2.31. The minimum atomic E-state index is 0.473. The zero-order chi connectivity index (χ0) is 13.2. The summed E-state index contributed by atoms with van der Waals surface area (Å²) >= 11 is 7.60. The molecule has 0 unspecified atom stereocenters. The zero-order valence-corrected chi connectivity index (χ0v) is 11.9. The van der Waals surface area contributed by atoms with E-state index in [1.807, 2.05) is 24.3 Å². The Morgan fingerprint density at radius 2 is 2.11 bits per heavy atom. The van der Waals surface area contributed by atoms with Crippen molar-refractivity contribution < 1.29 is 0 Å². The zero-order valence-electron chi connectivity index (χ0n) is 10.4. The summed E-state index contributed by atoms with van der Waals surface area (Å²) in [4.78, 5) is 8.65. The van der Waals surface area contributed by atoms with Gasteiger partial charge >= 0.3 is 0 Å². The third kappa shape index (κ3) is 2.29. The molecule has 1 N–H and O–H groups in total. The molecular weight excluding hydrogens is 278 g/mol. The number of hydrogen-bond donors (Lipinski definition) is 1. The highest BCUT2D eigenvalue weighted by molar-refractivity contribution is 7.18. The maximum absolute atomic E-state index is 5.95. The molecule has 0 saturated heterocycles. The molecule has 0 bridgehead atoms. The van der Waals surface area contributed by atoms with E-state index >= 15 is 0 Å². The fourth-order valence-electron chi connectivity index (χ4n) is 1.94. The molecule has 0 spiro atoms. The van der Waals surface area contributed by atoms with Crippen LogP contribution in [0.1, 0.15) is 11.1 Å². The SMILES string of the molecule is Cc1csc2c(Nc3ccccc3CCl)ncnc12. The van der Waals surface area contributed by atoms with Crippen molar-refractivity contribution in [3.05, 3.63) is 47.1 Å². The topological polar surface area (TPSA) is 37.8 Å². The van der Waals surface area contributed by atoms with Crippen molar-refractivity contribution in [3.63, 3.8) is 0 Å². The van der Waals surface area contributed by atoms with Crippen LogP contribution in [0.3, 0.4) is 0 Å². The molecule has 0 aliphatic carbocycles. The second kappa shape index (κ2) is 5.15. The third-order valence-corrected chi connectivity index (χ3v) is 4.33. The van der Waals surface area contributed by atoms with Crippen molar-refractivity contribution in [2.45, 2.75) is 12.8 Å². The van der Waals surface area contributed by atoms with Crippen LogP contribution in [0.4, 0.5) is 11.5 Å². The van der Waals surface area contributed by atoms with Crippen molar-refractivity contribution in [1.29, 1.82) is 0 Å². The number of nitrogens with one attached hydrogen (secondary N) is 1. The normalized spacial score (nSPS) is 10.8. The van der Waals surface area contributed by atoms with E-state index in [1.54, 1.807) is 17.7 Å². The molecule has 0 atom stereocenters. The second-order valence-electron chi connectivity index (χ2n) is 4.23. The van der Waals surface area contributed by atoms with Crippen molar-refractivity contribution in [3.8, 4) is 0 Å². The van der Waals surface area contributed by atoms with Gasteiger partial charge in [-0.2, -0.15) is 0 Å². The highest BCUT2D eigenvalue weighted by atomic mass is 35.5. The molecule has 19 heavy (non-hydrogen) atoms. The van der Waals surface area contributed by atoms with Gasteiger partial charge in [-0.15, -0.1) is 22.9 Å². The minimum Gasteiger partial charge on any atom is -0.339 e. The largest absolute Gasteiger partial charge is 0.339 e. The van der Waals surface area contributed by atoms with Crippen LogP contribution in [-0.4, -0.2) is 9.97 Å².